The SMILES string of the molecule is CCC(C)[C@H](N)c1ccc(Br)c(F)c1. The number of rotatable bonds is 3. The third-order valence-electron chi connectivity index (χ3n) is 2.59. The highest BCUT2D eigenvalue weighted by molar-refractivity contribution is 9.10. The van der Waals surface area contributed by atoms with Crippen molar-refractivity contribution in [2.24, 2.45) is 11.7 Å². The summed E-state index contributed by atoms with van der Waals surface area (Å²) >= 11 is 3.12. The number of hydrogen-bond donors (Lipinski definition) is 1. The van der Waals surface area contributed by atoms with Crippen LogP contribution in [0.4, 0.5) is 4.39 Å². The van der Waals surface area contributed by atoms with E-state index in [0.29, 0.717) is 10.4 Å². The average Bonchev–Trinajstić information content (AvgIpc) is 2.20. The van der Waals surface area contributed by atoms with Gasteiger partial charge in [0.2, 0.25) is 0 Å². The molecule has 0 aliphatic heterocycles. The van der Waals surface area contributed by atoms with E-state index < -0.39 is 0 Å². The number of benzene rings is 1. The molecule has 0 aliphatic carbocycles. The molecule has 1 aromatic rings. The molecule has 0 saturated carbocycles. The second kappa shape index (κ2) is 4.89. The molecular formula is C11H15BrFN. The zero-order valence-electron chi connectivity index (χ0n) is 8.43. The fourth-order valence-electron chi connectivity index (χ4n) is 1.30. The lowest BCUT2D eigenvalue weighted by Gasteiger charge is -2.18. The molecule has 0 heterocycles. The molecule has 0 aromatic heterocycles. The molecule has 0 bridgehead atoms. The van der Waals surface area contributed by atoms with Crippen molar-refractivity contribution in [3.63, 3.8) is 0 Å². The Morgan fingerprint density at radius 2 is 2.14 bits per heavy atom. The smallest absolute Gasteiger partial charge is 0.137 e. The van der Waals surface area contributed by atoms with Crippen LogP contribution in [-0.2, 0) is 0 Å². The third kappa shape index (κ3) is 2.55. The fraction of sp³-hybridized carbons (Fsp3) is 0.455. The van der Waals surface area contributed by atoms with Crippen LogP contribution >= 0.6 is 15.9 Å². The Balaban J connectivity index is 2.91. The molecule has 0 radical (unpaired) electrons. The molecule has 0 saturated heterocycles. The van der Waals surface area contributed by atoms with Crippen LogP contribution in [0.15, 0.2) is 22.7 Å². The number of halogens is 2. The highest BCUT2D eigenvalue weighted by Crippen LogP contribution is 2.25. The molecule has 3 heteroatoms. The van der Waals surface area contributed by atoms with Crippen molar-refractivity contribution in [1.82, 2.24) is 0 Å². The minimum absolute atomic E-state index is 0.0809. The van der Waals surface area contributed by atoms with Crippen LogP contribution in [0.3, 0.4) is 0 Å². The van der Waals surface area contributed by atoms with Gasteiger partial charge >= 0.3 is 0 Å². The number of nitrogens with two attached hydrogens (primary N) is 1. The normalized spacial score (nSPS) is 15.2. The third-order valence-corrected chi connectivity index (χ3v) is 3.23. The van der Waals surface area contributed by atoms with Crippen molar-refractivity contribution in [1.29, 1.82) is 0 Å². The predicted octanol–water partition coefficient (Wildman–Crippen LogP) is 3.63. The van der Waals surface area contributed by atoms with E-state index in [-0.39, 0.29) is 11.9 Å². The van der Waals surface area contributed by atoms with Gasteiger partial charge in [-0.25, -0.2) is 4.39 Å². The molecule has 0 spiro atoms. The van der Waals surface area contributed by atoms with Gasteiger partial charge < -0.3 is 5.73 Å². The molecule has 2 atom stereocenters. The monoisotopic (exact) mass is 259 g/mol. The first-order valence-corrected chi connectivity index (χ1v) is 5.56. The Bertz CT molecular complexity index is 314. The van der Waals surface area contributed by atoms with Crippen LogP contribution in [0.2, 0.25) is 0 Å². The summed E-state index contributed by atoms with van der Waals surface area (Å²) in [6.45, 7) is 4.16. The van der Waals surface area contributed by atoms with E-state index in [1.807, 2.05) is 6.07 Å². The Labute approximate surface area is 92.6 Å². The van der Waals surface area contributed by atoms with Crippen LogP contribution in [0.5, 0.6) is 0 Å². The van der Waals surface area contributed by atoms with E-state index in [2.05, 4.69) is 29.8 Å². The Hall–Kier alpha value is -0.410. The molecule has 2 N–H and O–H groups in total. The molecule has 14 heavy (non-hydrogen) atoms. The zero-order valence-corrected chi connectivity index (χ0v) is 10.0. The van der Waals surface area contributed by atoms with Crippen molar-refractivity contribution in [2.75, 3.05) is 0 Å². The van der Waals surface area contributed by atoms with E-state index >= 15 is 0 Å². The van der Waals surface area contributed by atoms with Gasteiger partial charge in [0.1, 0.15) is 5.82 Å². The lowest BCUT2D eigenvalue weighted by Crippen LogP contribution is -2.18. The van der Waals surface area contributed by atoms with Gasteiger partial charge in [-0.2, -0.15) is 0 Å². The molecule has 78 valence electrons. The first kappa shape index (κ1) is 11.7. The summed E-state index contributed by atoms with van der Waals surface area (Å²) in [6, 6.07) is 4.99. The van der Waals surface area contributed by atoms with Gasteiger partial charge in [-0.1, -0.05) is 26.3 Å². The summed E-state index contributed by atoms with van der Waals surface area (Å²) in [5.41, 5.74) is 6.85. The van der Waals surface area contributed by atoms with E-state index in [9.17, 15) is 4.39 Å². The van der Waals surface area contributed by atoms with Gasteiger partial charge in [-0.3, -0.25) is 0 Å². The summed E-state index contributed by atoms with van der Waals surface area (Å²) in [4.78, 5) is 0. The molecule has 1 rings (SSSR count). The average molecular weight is 260 g/mol. The van der Waals surface area contributed by atoms with Gasteiger partial charge in [0.15, 0.2) is 0 Å². The standard InChI is InChI=1S/C11H15BrFN/c1-3-7(2)11(14)8-4-5-9(12)10(13)6-8/h4-7,11H,3,14H2,1-2H3/t7?,11-/m0/s1. The predicted molar refractivity (Wildman–Crippen MR) is 60.5 cm³/mol. The molecule has 0 aliphatic rings. The topological polar surface area (TPSA) is 26.0 Å². The highest BCUT2D eigenvalue weighted by Gasteiger charge is 2.14. The summed E-state index contributed by atoms with van der Waals surface area (Å²) in [5.74, 6) is 0.122. The van der Waals surface area contributed by atoms with Crippen LogP contribution in [-0.4, -0.2) is 0 Å². The van der Waals surface area contributed by atoms with Crippen LogP contribution < -0.4 is 5.73 Å². The second-order valence-electron chi connectivity index (χ2n) is 3.58. The molecule has 1 aromatic carbocycles. The van der Waals surface area contributed by atoms with Crippen LogP contribution in [0, 0.1) is 11.7 Å². The largest absolute Gasteiger partial charge is 0.324 e. The summed E-state index contributed by atoms with van der Waals surface area (Å²) in [7, 11) is 0. The van der Waals surface area contributed by atoms with Crippen molar-refractivity contribution in [3.05, 3.63) is 34.1 Å². The summed E-state index contributed by atoms with van der Waals surface area (Å²) in [6.07, 6.45) is 0.999. The molecule has 0 amide bonds. The first-order chi connectivity index (χ1) is 6.56. The van der Waals surface area contributed by atoms with Crippen LogP contribution in [0.25, 0.3) is 0 Å². The van der Waals surface area contributed by atoms with E-state index in [1.54, 1.807) is 6.07 Å². The van der Waals surface area contributed by atoms with Crippen molar-refractivity contribution >= 4 is 15.9 Å². The Kier molecular flexibility index (Phi) is 4.08. The molecule has 1 unspecified atom stereocenters. The molecule has 1 nitrogen and oxygen atoms in total. The zero-order chi connectivity index (χ0) is 10.7. The van der Waals surface area contributed by atoms with Gasteiger partial charge in [-0.05, 0) is 39.5 Å². The second-order valence-corrected chi connectivity index (χ2v) is 4.44. The highest BCUT2D eigenvalue weighted by atomic mass is 79.9. The van der Waals surface area contributed by atoms with Crippen molar-refractivity contribution in [3.8, 4) is 0 Å². The summed E-state index contributed by atoms with van der Waals surface area (Å²) < 4.78 is 13.7. The minimum atomic E-state index is -0.249. The first-order valence-electron chi connectivity index (χ1n) is 4.76. The quantitative estimate of drug-likeness (QED) is 0.882. The van der Waals surface area contributed by atoms with Gasteiger partial charge in [0, 0.05) is 6.04 Å². The number of hydrogen-bond acceptors (Lipinski definition) is 1. The van der Waals surface area contributed by atoms with Crippen LogP contribution in [0.1, 0.15) is 31.9 Å². The van der Waals surface area contributed by atoms with Gasteiger partial charge in [0.25, 0.3) is 0 Å². The maximum absolute atomic E-state index is 13.2. The minimum Gasteiger partial charge on any atom is -0.324 e. The van der Waals surface area contributed by atoms with Gasteiger partial charge in [0.05, 0.1) is 4.47 Å². The maximum Gasteiger partial charge on any atom is 0.137 e. The Morgan fingerprint density at radius 3 is 2.64 bits per heavy atom. The van der Waals surface area contributed by atoms with Gasteiger partial charge in [-0.15, -0.1) is 0 Å². The van der Waals surface area contributed by atoms with Crippen molar-refractivity contribution < 1.29 is 4.39 Å². The fourth-order valence-corrected chi connectivity index (χ4v) is 1.55. The molecular weight excluding hydrogens is 245 g/mol. The van der Waals surface area contributed by atoms with E-state index in [4.69, 9.17) is 5.73 Å². The Morgan fingerprint density at radius 1 is 1.50 bits per heavy atom. The lowest BCUT2D eigenvalue weighted by atomic mass is 9.93. The molecule has 0 fully saturated rings. The van der Waals surface area contributed by atoms with Crippen molar-refractivity contribution in [2.45, 2.75) is 26.3 Å². The van der Waals surface area contributed by atoms with E-state index in [1.165, 1.54) is 6.07 Å². The van der Waals surface area contributed by atoms with E-state index in [0.717, 1.165) is 12.0 Å². The summed E-state index contributed by atoms with van der Waals surface area (Å²) in [5, 5.41) is 0. The maximum atomic E-state index is 13.2. The lowest BCUT2D eigenvalue weighted by molar-refractivity contribution is 0.454.